The SMILES string of the molecule is C[C@H]1CC2(O[Si](C)(C)C(C)(C)C)O[C@@H](c3ccccc3)C(=O)N2[C@@H]1Cc1ccccc1. The fourth-order valence-electron chi connectivity index (χ4n) is 4.60. The number of fused-ring (bicyclic) bond motifs is 1. The van der Waals surface area contributed by atoms with Crippen molar-refractivity contribution in [2.75, 3.05) is 0 Å². The van der Waals surface area contributed by atoms with E-state index in [1.54, 1.807) is 0 Å². The summed E-state index contributed by atoms with van der Waals surface area (Å²) < 4.78 is 13.6. The third-order valence-corrected chi connectivity index (χ3v) is 11.8. The maximum atomic E-state index is 13.8. The van der Waals surface area contributed by atoms with E-state index in [1.807, 2.05) is 41.3 Å². The van der Waals surface area contributed by atoms with Gasteiger partial charge in [-0.05, 0) is 41.6 Å². The molecule has 2 aliphatic heterocycles. The lowest BCUT2D eigenvalue weighted by Gasteiger charge is -2.44. The molecule has 2 aromatic rings. The van der Waals surface area contributed by atoms with E-state index in [-0.39, 0.29) is 22.9 Å². The van der Waals surface area contributed by atoms with Gasteiger partial charge < -0.3 is 9.16 Å². The Morgan fingerprint density at radius 1 is 1.06 bits per heavy atom. The molecule has 2 aromatic carbocycles. The van der Waals surface area contributed by atoms with Gasteiger partial charge in [-0.2, -0.15) is 0 Å². The predicted octanol–water partition coefficient (Wildman–Crippen LogP) is 5.91. The molecule has 0 N–H and O–H groups in total. The second kappa shape index (κ2) is 7.87. The number of hydrogen-bond acceptors (Lipinski definition) is 3. The third-order valence-electron chi connectivity index (χ3n) is 7.31. The van der Waals surface area contributed by atoms with Crippen LogP contribution in [0.25, 0.3) is 0 Å². The molecule has 0 radical (unpaired) electrons. The molecule has 1 unspecified atom stereocenters. The first-order valence-electron chi connectivity index (χ1n) is 11.3. The number of benzene rings is 2. The van der Waals surface area contributed by atoms with Crippen molar-refractivity contribution in [3.05, 3.63) is 71.8 Å². The lowest BCUT2D eigenvalue weighted by molar-refractivity contribution is -0.234. The van der Waals surface area contributed by atoms with Crippen LogP contribution in [0.2, 0.25) is 18.1 Å². The van der Waals surface area contributed by atoms with Gasteiger partial charge in [0.15, 0.2) is 14.4 Å². The Hall–Kier alpha value is -1.95. The molecule has 0 bridgehead atoms. The van der Waals surface area contributed by atoms with Crippen LogP contribution >= 0.6 is 0 Å². The molecule has 2 fully saturated rings. The minimum atomic E-state index is -2.20. The van der Waals surface area contributed by atoms with Crippen LogP contribution in [0.4, 0.5) is 0 Å². The fourth-order valence-corrected chi connectivity index (χ4v) is 5.93. The van der Waals surface area contributed by atoms with Gasteiger partial charge in [0, 0.05) is 12.5 Å². The number of hydrogen-bond donors (Lipinski definition) is 0. The average Bonchev–Trinajstić information content (AvgIpc) is 3.12. The molecule has 1 amide bonds. The minimum Gasteiger partial charge on any atom is -0.374 e. The molecule has 2 aliphatic rings. The van der Waals surface area contributed by atoms with Gasteiger partial charge in [0.05, 0.1) is 0 Å². The standard InChI is InChI=1S/C26H35NO3Si/c1-19-18-26(30-31(5,6)25(2,3)4)27(22(19)17-20-13-9-7-10-14-20)24(28)23(29-26)21-15-11-8-12-16-21/h7-16,19,22-23H,17-18H2,1-6H3/t19-,22+,23-,26?/m0/s1. The Bertz CT molecular complexity index is 925. The summed E-state index contributed by atoms with van der Waals surface area (Å²) in [4.78, 5) is 15.8. The summed E-state index contributed by atoms with van der Waals surface area (Å²) in [5.74, 6) is -0.680. The molecule has 5 heteroatoms. The largest absolute Gasteiger partial charge is 0.374 e. The summed E-state index contributed by atoms with van der Waals surface area (Å²) in [5, 5.41) is 0.0193. The van der Waals surface area contributed by atoms with E-state index in [4.69, 9.17) is 9.16 Å². The van der Waals surface area contributed by atoms with Gasteiger partial charge in [-0.25, -0.2) is 0 Å². The monoisotopic (exact) mass is 437 g/mol. The number of carbonyl (C=O) groups excluding carboxylic acids is 1. The van der Waals surface area contributed by atoms with E-state index in [0.717, 1.165) is 12.0 Å². The van der Waals surface area contributed by atoms with Gasteiger partial charge in [-0.3, -0.25) is 9.69 Å². The first kappa shape index (κ1) is 22.2. The third kappa shape index (κ3) is 3.99. The molecule has 166 valence electrons. The second-order valence-corrected chi connectivity index (χ2v) is 15.4. The van der Waals surface area contributed by atoms with Gasteiger partial charge in [0.1, 0.15) is 0 Å². The van der Waals surface area contributed by atoms with Crippen molar-refractivity contribution in [3.63, 3.8) is 0 Å². The highest BCUT2D eigenvalue weighted by atomic mass is 28.4. The van der Waals surface area contributed by atoms with Gasteiger partial charge in [0.25, 0.3) is 5.91 Å². The molecule has 0 saturated carbocycles. The predicted molar refractivity (Wildman–Crippen MR) is 126 cm³/mol. The van der Waals surface area contributed by atoms with Crippen LogP contribution in [0, 0.1) is 5.92 Å². The normalized spacial score (nSPS) is 28.8. The van der Waals surface area contributed by atoms with E-state index >= 15 is 0 Å². The summed E-state index contributed by atoms with van der Waals surface area (Å²) in [7, 11) is -2.20. The van der Waals surface area contributed by atoms with Crippen LogP contribution in [-0.2, 0) is 20.4 Å². The molecular weight excluding hydrogens is 402 g/mol. The van der Waals surface area contributed by atoms with Crippen molar-refractivity contribution < 1.29 is 14.0 Å². The average molecular weight is 438 g/mol. The lowest BCUT2D eigenvalue weighted by Crippen LogP contribution is -2.56. The van der Waals surface area contributed by atoms with Crippen molar-refractivity contribution >= 4 is 14.2 Å². The highest BCUT2D eigenvalue weighted by molar-refractivity contribution is 6.74. The zero-order valence-electron chi connectivity index (χ0n) is 19.6. The Labute approximate surface area is 187 Å². The van der Waals surface area contributed by atoms with Crippen LogP contribution in [0.5, 0.6) is 0 Å². The molecule has 0 spiro atoms. The molecular formula is C26H35NO3Si. The van der Waals surface area contributed by atoms with Gasteiger partial charge in [-0.15, -0.1) is 0 Å². The van der Waals surface area contributed by atoms with Crippen LogP contribution in [0.3, 0.4) is 0 Å². The Kier molecular flexibility index (Phi) is 5.65. The van der Waals surface area contributed by atoms with Crippen LogP contribution in [0.15, 0.2) is 60.7 Å². The Morgan fingerprint density at radius 2 is 1.65 bits per heavy atom. The van der Waals surface area contributed by atoms with E-state index in [0.29, 0.717) is 6.42 Å². The molecule has 31 heavy (non-hydrogen) atoms. The summed E-state index contributed by atoms with van der Waals surface area (Å²) in [5.41, 5.74) is 2.13. The topological polar surface area (TPSA) is 38.8 Å². The molecule has 0 aromatic heterocycles. The van der Waals surface area contributed by atoms with E-state index in [9.17, 15) is 4.79 Å². The number of amides is 1. The van der Waals surface area contributed by atoms with Crippen molar-refractivity contribution in [2.24, 2.45) is 5.92 Å². The molecule has 4 atom stereocenters. The van der Waals surface area contributed by atoms with Gasteiger partial charge in [0.2, 0.25) is 5.91 Å². The van der Waals surface area contributed by atoms with Crippen LogP contribution in [-0.4, -0.2) is 31.1 Å². The maximum absolute atomic E-state index is 13.8. The summed E-state index contributed by atoms with van der Waals surface area (Å²) >= 11 is 0. The molecule has 4 rings (SSSR count). The minimum absolute atomic E-state index is 0.0193. The number of nitrogens with zero attached hydrogens (tertiary/aromatic N) is 1. The molecule has 2 heterocycles. The summed E-state index contributed by atoms with van der Waals surface area (Å²) in [6, 6.07) is 20.3. The maximum Gasteiger partial charge on any atom is 0.260 e. The highest BCUT2D eigenvalue weighted by Crippen LogP contribution is 2.53. The number of rotatable bonds is 5. The van der Waals surface area contributed by atoms with E-state index < -0.39 is 20.3 Å². The van der Waals surface area contributed by atoms with Crippen molar-refractivity contribution in [1.82, 2.24) is 4.90 Å². The molecule has 4 nitrogen and oxygen atoms in total. The molecule has 0 aliphatic carbocycles. The quantitative estimate of drug-likeness (QED) is 0.546. The zero-order valence-corrected chi connectivity index (χ0v) is 20.6. The van der Waals surface area contributed by atoms with Crippen molar-refractivity contribution in [1.29, 1.82) is 0 Å². The fraction of sp³-hybridized carbons (Fsp3) is 0.500. The van der Waals surface area contributed by atoms with E-state index in [2.05, 4.69) is 65.1 Å². The zero-order chi connectivity index (χ0) is 22.4. The summed E-state index contributed by atoms with van der Waals surface area (Å²) in [6.07, 6.45) is 0.893. The first-order chi connectivity index (χ1) is 14.5. The number of carbonyl (C=O) groups is 1. The Morgan fingerprint density at radius 3 is 2.23 bits per heavy atom. The summed E-state index contributed by atoms with van der Waals surface area (Å²) in [6.45, 7) is 13.4. The Balaban J connectivity index is 1.73. The van der Waals surface area contributed by atoms with E-state index in [1.165, 1.54) is 5.56 Å². The van der Waals surface area contributed by atoms with Crippen LogP contribution in [0.1, 0.15) is 51.3 Å². The van der Waals surface area contributed by atoms with Crippen molar-refractivity contribution in [2.45, 2.75) is 76.7 Å². The highest BCUT2D eigenvalue weighted by Gasteiger charge is 2.64. The smallest absolute Gasteiger partial charge is 0.260 e. The number of ether oxygens (including phenoxy) is 1. The van der Waals surface area contributed by atoms with Crippen LogP contribution < -0.4 is 0 Å². The van der Waals surface area contributed by atoms with Crippen molar-refractivity contribution in [3.8, 4) is 0 Å². The second-order valence-electron chi connectivity index (χ2n) is 10.6. The lowest BCUT2D eigenvalue weighted by atomic mass is 9.95. The van der Waals surface area contributed by atoms with Gasteiger partial charge >= 0.3 is 0 Å². The van der Waals surface area contributed by atoms with Gasteiger partial charge in [-0.1, -0.05) is 88.4 Å². The first-order valence-corrected chi connectivity index (χ1v) is 14.2. The molecule has 2 saturated heterocycles.